The molecule has 5 rings (SSSR count). The predicted octanol–water partition coefficient (Wildman–Crippen LogP) is 3.96. The van der Waals surface area contributed by atoms with E-state index in [0.29, 0.717) is 23.7 Å². The molecule has 11 nitrogen and oxygen atoms in total. The smallest absolute Gasteiger partial charge is 0.270 e. The quantitative estimate of drug-likeness (QED) is 0.265. The second kappa shape index (κ2) is 9.64. The van der Waals surface area contributed by atoms with Crippen molar-refractivity contribution in [1.29, 1.82) is 0 Å². The number of nitro groups is 1. The second-order valence-electron chi connectivity index (χ2n) is 8.55. The van der Waals surface area contributed by atoms with E-state index in [4.69, 9.17) is 9.47 Å². The molecule has 2 aliphatic rings. The fourth-order valence-electron chi connectivity index (χ4n) is 4.20. The number of rotatable bonds is 8. The Balaban J connectivity index is 1.27. The first-order valence-corrected chi connectivity index (χ1v) is 12.9. The summed E-state index contributed by atoms with van der Waals surface area (Å²) in [5.41, 5.74) is 0.442. The van der Waals surface area contributed by atoms with Gasteiger partial charge in [-0.05, 0) is 61.4 Å². The minimum absolute atomic E-state index is 0.147. The molecule has 3 aromatic rings. The molecule has 0 aliphatic carbocycles. The Bertz CT molecular complexity index is 1500. The number of nitrogens with one attached hydrogen (secondary N) is 1. The molecule has 0 spiro atoms. The number of imide groups is 1. The lowest BCUT2D eigenvalue weighted by Gasteiger charge is -2.17. The fraction of sp³-hybridized carbons (Fsp3) is 0.200. The van der Waals surface area contributed by atoms with Gasteiger partial charge in [0.15, 0.2) is 0 Å². The summed E-state index contributed by atoms with van der Waals surface area (Å²) in [6.07, 6.45) is 1.56. The number of benzene rings is 3. The molecule has 1 fully saturated rings. The van der Waals surface area contributed by atoms with Gasteiger partial charge in [-0.2, -0.15) is 0 Å². The van der Waals surface area contributed by atoms with Crippen molar-refractivity contribution in [3.8, 4) is 11.5 Å². The van der Waals surface area contributed by atoms with Crippen LogP contribution in [0.2, 0.25) is 0 Å². The van der Waals surface area contributed by atoms with Gasteiger partial charge in [-0.3, -0.25) is 29.3 Å². The number of non-ortho nitro benzene ring substituents is 1. The van der Waals surface area contributed by atoms with E-state index in [1.54, 1.807) is 12.1 Å². The molecule has 2 amide bonds. The molecular weight excluding hydrogens is 502 g/mol. The van der Waals surface area contributed by atoms with Gasteiger partial charge in [-0.15, -0.1) is 0 Å². The van der Waals surface area contributed by atoms with Crippen LogP contribution in [0, 0.1) is 10.1 Å². The Labute approximate surface area is 211 Å². The lowest BCUT2D eigenvalue weighted by atomic mass is 10.1. The summed E-state index contributed by atoms with van der Waals surface area (Å²) in [6.45, 7) is 0.844. The summed E-state index contributed by atoms with van der Waals surface area (Å²) in [6, 6.07) is 15.3. The molecule has 0 saturated carbocycles. The number of fused-ring (bicyclic) bond motifs is 1. The molecule has 0 radical (unpaired) electrons. The third-order valence-corrected chi connectivity index (χ3v) is 7.41. The van der Waals surface area contributed by atoms with Crippen LogP contribution in [-0.4, -0.2) is 49.3 Å². The first kappa shape index (κ1) is 24.4. The zero-order valence-corrected chi connectivity index (χ0v) is 20.1. The van der Waals surface area contributed by atoms with Crippen LogP contribution < -0.4 is 9.46 Å². The minimum Gasteiger partial charge on any atom is -0.457 e. The molecule has 0 aromatic heterocycles. The number of amides is 2. The topological polar surface area (TPSA) is 145 Å². The summed E-state index contributed by atoms with van der Waals surface area (Å²) in [5, 5.41) is 10.9. The van der Waals surface area contributed by atoms with Crippen molar-refractivity contribution >= 4 is 33.2 Å². The first-order chi connectivity index (χ1) is 17.7. The second-order valence-corrected chi connectivity index (χ2v) is 10.2. The van der Waals surface area contributed by atoms with Crippen molar-refractivity contribution in [3.63, 3.8) is 0 Å². The summed E-state index contributed by atoms with van der Waals surface area (Å²) in [4.78, 5) is 36.8. The molecule has 1 atom stereocenters. The molecule has 1 unspecified atom stereocenters. The number of nitro benzene ring substituents is 1. The highest BCUT2D eigenvalue weighted by Crippen LogP contribution is 2.31. The van der Waals surface area contributed by atoms with E-state index in [9.17, 15) is 28.1 Å². The van der Waals surface area contributed by atoms with E-state index in [2.05, 4.69) is 4.72 Å². The van der Waals surface area contributed by atoms with E-state index in [-0.39, 0.29) is 40.4 Å². The van der Waals surface area contributed by atoms with Crippen LogP contribution in [-0.2, 0) is 14.8 Å². The molecule has 1 saturated heterocycles. The molecular formula is C25H21N3O8S. The van der Waals surface area contributed by atoms with Crippen LogP contribution in [0.5, 0.6) is 11.5 Å². The predicted molar refractivity (Wildman–Crippen MR) is 131 cm³/mol. The van der Waals surface area contributed by atoms with Crippen LogP contribution >= 0.6 is 0 Å². The van der Waals surface area contributed by atoms with Gasteiger partial charge < -0.3 is 9.47 Å². The number of anilines is 1. The summed E-state index contributed by atoms with van der Waals surface area (Å²) < 4.78 is 39.0. The number of carbonyl (C=O) groups excluding carboxylic acids is 2. The van der Waals surface area contributed by atoms with Gasteiger partial charge in [0.1, 0.15) is 11.5 Å². The maximum absolute atomic E-state index is 12.8. The van der Waals surface area contributed by atoms with Gasteiger partial charge in [0.05, 0.1) is 33.6 Å². The maximum atomic E-state index is 12.8. The van der Waals surface area contributed by atoms with E-state index in [1.807, 2.05) is 0 Å². The fourth-order valence-corrected chi connectivity index (χ4v) is 5.29. The van der Waals surface area contributed by atoms with Crippen molar-refractivity contribution < 1.29 is 32.4 Å². The van der Waals surface area contributed by atoms with Crippen molar-refractivity contribution in [2.75, 3.05) is 17.9 Å². The van der Waals surface area contributed by atoms with Crippen molar-refractivity contribution in [2.45, 2.75) is 23.8 Å². The number of ether oxygens (including phenoxy) is 2. The van der Waals surface area contributed by atoms with Gasteiger partial charge in [-0.1, -0.05) is 6.07 Å². The van der Waals surface area contributed by atoms with E-state index < -0.39 is 20.9 Å². The van der Waals surface area contributed by atoms with Crippen LogP contribution in [0.4, 0.5) is 11.4 Å². The average molecular weight is 524 g/mol. The number of carbonyl (C=O) groups is 2. The molecule has 190 valence electrons. The number of hydrogen-bond donors (Lipinski definition) is 1. The van der Waals surface area contributed by atoms with Crippen LogP contribution in [0.25, 0.3) is 0 Å². The third kappa shape index (κ3) is 5.01. The van der Waals surface area contributed by atoms with Crippen molar-refractivity contribution in [1.82, 2.24) is 4.90 Å². The normalized spacial score (nSPS) is 17.1. The summed E-state index contributed by atoms with van der Waals surface area (Å²) >= 11 is 0. The van der Waals surface area contributed by atoms with Gasteiger partial charge in [0.25, 0.3) is 27.5 Å². The molecule has 37 heavy (non-hydrogen) atoms. The van der Waals surface area contributed by atoms with E-state index in [1.165, 1.54) is 53.4 Å². The minimum atomic E-state index is -4.05. The maximum Gasteiger partial charge on any atom is 0.270 e. The number of hydrogen-bond acceptors (Lipinski definition) is 8. The average Bonchev–Trinajstić information content (AvgIpc) is 3.48. The molecule has 0 bridgehead atoms. The largest absolute Gasteiger partial charge is 0.457 e. The van der Waals surface area contributed by atoms with Crippen LogP contribution in [0.1, 0.15) is 33.6 Å². The lowest BCUT2D eigenvalue weighted by Crippen LogP contribution is -2.36. The molecule has 2 heterocycles. The Morgan fingerprint density at radius 1 is 1.00 bits per heavy atom. The monoisotopic (exact) mass is 523 g/mol. The lowest BCUT2D eigenvalue weighted by molar-refractivity contribution is -0.385. The van der Waals surface area contributed by atoms with Gasteiger partial charge >= 0.3 is 0 Å². The molecule has 1 N–H and O–H groups in total. The van der Waals surface area contributed by atoms with Crippen molar-refractivity contribution in [3.05, 3.63) is 88.0 Å². The van der Waals surface area contributed by atoms with Gasteiger partial charge in [0, 0.05) is 24.4 Å². The molecule has 3 aromatic carbocycles. The zero-order chi connectivity index (χ0) is 26.2. The summed E-state index contributed by atoms with van der Waals surface area (Å²) in [7, 11) is -4.05. The third-order valence-electron chi connectivity index (χ3n) is 6.03. The highest BCUT2D eigenvalue weighted by Gasteiger charge is 2.37. The Morgan fingerprint density at radius 3 is 2.43 bits per heavy atom. The highest BCUT2D eigenvalue weighted by molar-refractivity contribution is 7.92. The SMILES string of the molecule is O=C1c2ccc(Oc3ccc(NS(=O)(=O)c4cccc([N+](=O)[O-])c4)cc3)cc2C(=O)N1CC1CCCO1. The highest BCUT2D eigenvalue weighted by atomic mass is 32.2. The van der Waals surface area contributed by atoms with Crippen LogP contribution in [0.15, 0.2) is 71.6 Å². The van der Waals surface area contributed by atoms with E-state index >= 15 is 0 Å². The van der Waals surface area contributed by atoms with Crippen LogP contribution in [0.3, 0.4) is 0 Å². The number of sulfonamides is 1. The van der Waals surface area contributed by atoms with Gasteiger partial charge in [0.2, 0.25) is 0 Å². The Morgan fingerprint density at radius 2 is 1.73 bits per heavy atom. The molecule has 2 aliphatic heterocycles. The Kier molecular flexibility index (Phi) is 6.36. The standard InChI is InChI=1S/C25H21N3O8S/c29-24-22-11-10-19(14-23(22)25(30)27(24)15-20-4-2-12-35-20)36-18-8-6-16(7-9-18)26-37(33,34)21-5-1-3-17(13-21)28(31)32/h1,3,5-11,13-14,20,26H,2,4,12,15H2. The van der Waals surface area contributed by atoms with Gasteiger partial charge in [-0.25, -0.2) is 8.42 Å². The Hall–Kier alpha value is -4.29. The number of nitrogens with zero attached hydrogens (tertiary/aromatic N) is 2. The molecule has 12 heteroatoms. The zero-order valence-electron chi connectivity index (χ0n) is 19.3. The first-order valence-electron chi connectivity index (χ1n) is 11.4. The van der Waals surface area contributed by atoms with E-state index in [0.717, 1.165) is 18.9 Å². The summed E-state index contributed by atoms with van der Waals surface area (Å²) in [5.74, 6) is -0.0516. The van der Waals surface area contributed by atoms with Crippen molar-refractivity contribution in [2.24, 2.45) is 0 Å².